The molecule has 0 radical (unpaired) electrons. The van der Waals surface area contributed by atoms with Crippen LogP contribution in [0.25, 0.3) is 0 Å². The van der Waals surface area contributed by atoms with Crippen LogP contribution in [0.5, 0.6) is 0 Å². The number of hydrogen-bond donors (Lipinski definition) is 1. The summed E-state index contributed by atoms with van der Waals surface area (Å²) >= 11 is 0. The number of nitriles is 2. The van der Waals surface area contributed by atoms with Gasteiger partial charge in [-0.15, -0.1) is 0 Å². The molecule has 3 aromatic rings. The lowest BCUT2D eigenvalue weighted by Gasteiger charge is -2.51. The zero-order valence-electron chi connectivity index (χ0n) is 21.3. The van der Waals surface area contributed by atoms with Crippen molar-refractivity contribution in [2.24, 2.45) is 0 Å². The van der Waals surface area contributed by atoms with E-state index in [1.165, 1.54) is 14.2 Å². The van der Waals surface area contributed by atoms with E-state index in [0.29, 0.717) is 13.1 Å². The second-order valence-corrected chi connectivity index (χ2v) is 8.60. The zero-order chi connectivity index (χ0) is 26.6. The number of methoxy groups -OCH3 is 1. The summed E-state index contributed by atoms with van der Waals surface area (Å²) in [6.07, 6.45) is -0.759. The molecule has 0 fully saturated rings. The molecule has 7 heteroatoms. The van der Waals surface area contributed by atoms with E-state index >= 15 is 0 Å². The SMILES string of the molecule is COOC(OC)(C(O)CN(CCC#N)CCC#N)C(c1ccccc1)(c1ccccc1)c1ccccc1. The first-order chi connectivity index (χ1) is 18.1. The summed E-state index contributed by atoms with van der Waals surface area (Å²) < 4.78 is 6.22. The molecule has 3 rings (SSSR count). The molecule has 0 bridgehead atoms. The molecule has 7 nitrogen and oxygen atoms in total. The van der Waals surface area contributed by atoms with E-state index in [-0.39, 0.29) is 19.4 Å². The number of nitrogens with zero attached hydrogens (tertiary/aromatic N) is 3. The second kappa shape index (κ2) is 13.7. The Labute approximate surface area is 219 Å². The van der Waals surface area contributed by atoms with Crippen molar-refractivity contribution in [1.82, 2.24) is 4.90 Å². The minimum atomic E-state index is -1.77. The van der Waals surface area contributed by atoms with Crippen molar-refractivity contribution in [3.05, 3.63) is 108 Å². The third-order valence-electron chi connectivity index (χ3n) is 6.60. The van der Waals surface area contributed by atoms with Crippen LogP contribution in [0, 0.1) is 22.7 Å². The first-order valence-corrected chi connectivity index (χ1v) is 12.2. The summed E-state index contributed by atoms with van der Waals surface area (Å²) in [4.78, 5) is 13.2. The molecular weight excluding hydrogens is 466 g/mol. The molecule has 37 heavy (non-hydrogen) atoms. The summed E-state index contributed by atoms with van der Waals surface area (Å²) in [6.45, 7) is 0.850. The second-order valence-electron chi connectivity index (χ2n) is 8.60. The molecule has 0 aliphatic heterocycles. The van der Waals surface area contributed by atoms with E-state index in [1.54, 1.807) is 0 Å². The highest BCUT2D eigenvalue weighted by atomic mass is 17.2. The number of hydrogen-bond acceptors (Lipinski definition) is 7. The minimum absolute atomic E-state index is 0.0782. The molecule has 3 aromatic carbocycles. The quantitative estimate of drug-likeness (QED) is 0.152. The fourth-order valence-electron chi connectivity index (χ4n) is 5.06. The van der Waals surface area contributed by atoms with Gasteiger partial charge >= 0.3 is 0 Å². The summed E-state index contributed by atoms with van der Waals surface area (Å²) in [7, 11) is 2.87. The molecule has 1 N–H and O–H groups in total. The van der Waals surface area contributed by atoms with Gasteiger partial charge in [0.15, 0.2) is 0 Å². The maximum absolute atomic E-state index is 12.0. The number of ether oxygens (including phenoxy) is 1. The van der Waals surface area contributed by atoms with E-state index in [0.717, 1.165) is 16.7 Å². The van der Waals surface area contributed by atoms with Crippen molar-refractivity contribution in [3.8, 4) is 12.1 Å². The van der Waals surface area contributed by atoms with Crippen LogP contribution >= 0.6 is 0 Å². The molecule has 0 amide bonds. The fraction of sp³-hybridized carbons (Fsp3) is 0.333. The maximum atomic E-state index is 12.0. The molecule has 0 aliphatic rings. The zero-order valence-corrected chi connectivity index (χ0v) is 21.3. The Kier molecular flexibility index (Phi) is 10.3. The summed E-state index contributed by atoms with van der Waals surface area (Å²) in [5, 5.41) is 30.4. The summed E-state index contributed by atoms with van der Waals surface area (Å²) in [5.41, 5.74) is 1.29. The monoisotopic (exact) mass is 499 g/mol. The Morgan fingerprint density at radius 3 is 1.49 bits per heavy atom. The Balaban J connectivity index is 2.33. The molecule has 0 saturated carbocycles. The van der Waals surface area contributed by atoms with Gasteiger partial charge in [0.25, 0.3) is 0 Å². The van der Waals surface area contributed by atoms with Gasteiger partial charge in [-0.2, -0.15) is 15.4 Å². The van der Waals surface area contributed by atoms with Gasteiger partial charge in [-0.25, -0.2) is 4.89 Å². The van der Waals surface area contributed by atoms with Gasteiger partial charge in [0.2, 0.25) is 5.79 Å². The smallest absolute Gasteiger partial charge is 0.246 e. The van der Waals surface area contributed by atoms with Crippen molar-refractivity contribution in [2.45, 2.75) is 30.1 Å². The van der Waals surface area contributed by atoms with Gasteiger partial charge in [-0.05, 0) is 16.7 Å². The molecule has 192 valence electrons. The van der Waals surface area contributed by atoms with E-state index in [2.05, 4.69) is 12.1 Å². The molecule has 0 aromatic heterocycles. The predicted octanol–water partition coefficient (Wildman–Crippen LogP) is 4.43. The molecule has 0 spiro atoms. The van der Waals surface area contributed by atoms with E-state index in [1.807, 2.05) is 95.9 Å². The predicted molar refractivity (Wildman–Crippen MR) is 140 cm³/mol. The third kappa shape index (κ3) is 5.73. The van der Waals surface area contributed by atoms with E-state index in [4.69, 9.17) is 25.0 Å². The van der Waals surface area contributed by atoms with Crippen LogP contribution in [0.1, 0.15) is 29.5 Å². The molecule has 2 unspecified atom stereocenters. The van der Waals surface area contributed by atoms with Crippen molar-refractivity contribution in [3.63, 3.8) is 0 Å². The highest BCUT2D eigenvalue weighted by molar-refractivity contribution is 5.54. The standard InChI is InChI=1S/C30H33N3O4/c1-35-30(37-36-2,28(34)24-33(22-12-20-31)23-13-21-32)29(25-14-6-3-7-15-25,26-16-8-4-9-17-26)27-18-10-5-11-19-27/h3-11,14-19,28,34H,12-13,22-24H2,1-2H3. The molecular formula is C30H33N3O4. The van der Waals surface area contributed by atoms with Gasteiger partial charge in [0, 0.05) is 39.6 Å². The van der Waals surface area contributed by atoms with Crippen LogP contribution in [-0.4, -0.2) is 55.8 Å². The minimum Gasteiger partial charge on any atom is -0.386 e. The van der Waals surface area contributed by atoms with Gasteiger partial charge in [0.05, 0.1) is 19.2 Å². The lowest BCUT2D eigenvalue weighted by Crippen LogP contribution is -2.65. The summed E-state index contributed by atoms with van der Waals surface area (Å²) in [5.74, 6) is -1.77. The van der Waals surface area contributed by atoms with Crippen LogP contribution < -0.4 is 0 Å². The van der Waals surface area contributed by atoms with Crippen LogP contribution in [0.2, 0.25) is 0 Å². The molecule has 0 heterocycles. The average molecular weight is 500 g/mol. The number of rotatable bonds is 14. The van der Waals surface area contributed by atoms with E-state index < -0.39 is 17.3 Å². The van der Waals surface area contributed by atoms with Crippen molar-refractivity contribution in [1.29, 1.82) is 10.5 Å². The molecule has 0 aliphatic carbocycles. The molecule has 2 atom stereocenters. The Hall–Kier alpha value is -3.56. The number of benzene rings is 3. The normalized spacial score (nSPS) is 13.9. The van der Waals surface area contributed by atoms with Crippen LogP contribution in [0.3, 0.4) is 0 Å². The van der Waals surface area contributed by atoms with E-state index in [9.17, 15) is 5.11 Å². The first kappa shape index (κ1) is 28.0. The average Bonchev–Trinajstić information content (AvgIpc) is 2.96. The highest BCUT2D eigenvalue weighted by Gasteiger charge is 2.62. The largest absolute Gasteiger partial charge is 0.386 e. The lowest BCUT2D eigenvalue weighted by atomic mass is 9.62. The molecule has 0 saturated heterocycles. The lowest BCUT2D eigenvalue weighted by molar-refractivity contribution is -0.447. The van der Waals surface area contributed by atoms with Crippen LogP contribution in [0.4, 0.5) is 0 Å². The third-order valence-corrected chi connectivity index (χ3v) is 6.60. The van der Waals surface area contributed by atoms with Crippen molar-refractivity contribution in [2.75, 3.05) is 33.9 Å². The summed E-state index contributed by atoms with van der Waals surface area (Å²) in [6, 6.07) is 33.5. The van der Waals surface area contributed by atoms with Crippen LogP contribution in [0.15, 0.2) is 91.0 Å². The topological polar surface area (TPSA) is 98.7 Å². The highest BCUT2D eigenvalue weighted by Crippen LogP contribution is 2.51. The Bertz CT molecular complexity index is 1050. The first-order valence-electron chi connectivity index (χ1n) is 12.2. The fourth-order valence-corrected chi connectivity index (χ4v) is 5.06. The van der Waals surface area contributed by atoms with Gasteiger partial charge in [-0.1, -0.05) is 91.0 Å². The van der Waals surface area contributed by atoms with Gasteiger partial charge < -0.3 is 9.84 Å². The van der Waals surface area contributed by atoms with Gasteiger partial charge in [-0.3, -0.25) is 4.90 Å². The van der Waals surface area contributed by atoms with Crippen LogP contribution in [-0.2, 0) is 19.9 Å². The van der Waals surface area contributed by atoms with Crippen molar-refractivity contribution < 1.29 is 19.6 Å². The Morgan fingerprint density at radius 2 is 1.16 bits per heavy atom. The van der Waals surface area contributed by atoms with Gasteiger partial charge in [0.1, 0.15) is 11.5 Å². The van der Waals surface area contributed by atoms with Crippen molar-refractivity contribution >= 4 is 0 Å². The maximum Gasteiger partial charge on any atom is 0.246 e. The number of aliphatic hydroxyl groups is 1. The number of aliphatic hydroxyl groups excluding tert-OH is 1. The Morgan fingerprint density at radius 1 is 0.757 bits per heavy atom.